The Labute approximate surface area is 194 Å². The molecule has 3 aromatic rings. The predicted octanol–water partition coefficient (Wildman–Crippen LogP) is 5.17. The molecule has 0 atom stereocenters. The van der Waals surface area contributed by atoms with E-state index in [2.05, 4.69) is 22.2 Å². The molecule has 9 heteroatoms. The molecule has 174 valence electrons. The van der Waals surface area contributed by atoms with Gasteiger partial charge in [-0.05, 0) is 66.1 Å². The number of alkyl halides is 3. The van der Waals surface area contributed by atoms with Gasteiger partial charge in [-0.1, -0.05) is 18.7 Å². The summed E-state index contributed by atoms with van der Waals surface area (Å²) in [5.74, 6) is -0.647. The lowest BCUT2D eigenvalue weighted by Crippen LogP contribution is -2.36. The normalized spacial score (nSPS) is 13.1. The quantitative estimate of drug-likeness (QED) is 0.509. The number of fused-ring (bicyclic) bond motifs is 1. The number of aromatic nitrogens is 1. The topological polar surface area (TPSA) is 74.3 Å². The molecule has 2 heterocycles. The first-order valence-electron chi connectivity index (χ1n) is 10.5. The summed E-state index contributed by atoms with van der Waals surface area (Å²) in [5, 5.41) is 5.80. The summed E-state index contributed by atoms with van der Waals surface area (Å²) in [5.41, 5.74) is 3.23. The summed E-state index contributed by atoms with van der Waals surface area (Å²) in [4.78, 5) is 30.4. The molecule has 1 aromatic heterocycles. The number of nitrogens with zero attached hydrogens (tertiary/aromatic N) is 2. The van der Waals surface area contributed by atoms with Crippen molar-refractivity contribution in [2.45, 2.75) is 19.1 Å². The lowest BCUT2D eigenvalue weighted by Gasteiger charge is -2.30. The monoisotopic (exact) mass is 466 g/mol. The maximum absolute atomic E-state index is 13.0. The number of pyridine rings is 1. The van der Waals surface area contributed by atoms with Gasteiger partial charge in [-0.2, -0.15) is 13.2 Å². The Hall–Kier alpha value is -4.14. The van der Waals surface area contributed by atoms with E-state index in [1.54, 1.807) is 11.0 Å². The van der Waals surface area contributed by atoms with Gasteiger partial charge in [-0.3, -0.25) is 14.6 Å². The third-order valence-electron chi connectivity index (χ3n) is 5.48. The van der Waals surface area contributed by atoms with Crippen LogP contribution in [0.2, 0.25) is 0 Å². The average molecular weight is 466 g/mol. The SMILES string of the molecule is C=CC(=O)Nc1ccnc(C(=O)N2CCc3c(cccc3Nc3ccc(C(F)(F)F)cc3)C2)c1. The summed E-state index contributed by atoms with van der Waals surface area (Å²) in [7, 11) is 0. The Balaban J connectivity index is 1.49. The second kappa shape index (κ2) is 9.38. The van der Waals surface area contributed by atoms with Crippen LogP contribution in [0.1, 0.15) is 27.2 Å². The average Bonchev–Trinajstić information content (AvgIpc) is 2.83. The number of rotatable bonds is 5. The molecule has 1 aliphatic heterocycles. The summed E-state index contributed by atoms with van der Waals surface area (Å²) >= 11 is 0. The first-order valence-corrected chi connectivity index (χ1v) is 10.5. The molecule has 6 nitrogen and oxygen atoms in total. The Kier molecular flexibility index (Phi) is 6.36. The predicted molar refractivity (Wildman–Crippen MR) is 123 cm³/mol. The molecule has 0 saturated heterocycles. The first-order chi connectivity index (χ1) is 16.2. The zero-order valence-electron chi connectivity index (χ0n) is 18.0. The fraction of sp³-hybridized carbons (Fsp3) is 0.160. The highest BCUT2D eigenvalue weighted by Gasteiger charge is 2.30. The van der Waals surface area contributed by atoms with E-state index < -0.39 is 11.7 Å². The second-order valence-corrected chi connectivity index (χ2v) is 7.74. The molecule has 2 N–H and O–H groups in total. The number of hydrogen-bond donors (Lipinski definition) is 2. The van der Waals surface area contributed by atoms with Crippen LogP contribution in [0.3, 0.4) is 0 Å². The van der Waals surface area contributed by atoms with Gasteiger partial charge in [0.2, 0.25) is 5.91 Å². The van der Waals surface area contributed by atoms with Gasteiger partial charge in [0, 0.05) is 36.3 Å². The molecule has 0 fully saturated rings. The summed E-state index contributed by atoms with van der Waals surface area (Å²) < 4.78 is 38.4. The lowest BCUT2D eigenvalue weighted by molar-refractivity contribution is -0.137. The van der Waals surface area contributed by atoms with E-state index in [4.69, 9.17) is 0 Å². The fourth-order valence-corrected chi connectivity index (χ4v) is 3.78. The number of carbonyl (C=O) groups excluding carboxylic acids is 2. The molecule has 34 heavy (non-hydrogen) atoms. The smallest absolute Gasteiger partial charge is 0.355 e. The third kappa shape index (κ3) is 5.09. The van der Waals surface area contributed by atoms with Crippen molar-refractivity contribution in [3.05, 3.63) is 95.8 Å². The van der Waals surface area contributed by atoms with E-state index in [0.717, 1.165) is 35.0 Å². The van der Waals surface area contributed by atoms with Crippen LogP contribution >= 0.6 is 0 Å². The van der Waals surface area contributed by atoms with Gasteiger partial charge in [0.1, 0.15) is 5.69 Å². The van der Waals surface area contributed by atoms with Gasteiger partial charge in [-0.15, -0.1) is 0 Å². The minimum atomic E-state index is -4.38. The van der Waals surface area contributed by atoms with Crippen molar-refractivity contribution in [1.29, 1.82) is 0 Å². The van der Waals surface area contributed by atoms with Crippen LogP contribution in [0.4, 0.5) is 30.2 Å². The van der Waals surface area contributed by atoms with Crippen molar-refractivity contribution < 1.29 is 22.8 Å². The number of benzene rings is 2. The van der Waals surface area contributed by atoms with Crippen molar-refractivity contribution >= 4 is 28.9 Å². The van der Waals surface area contributed by atoms with Crippen molar-refractivity contribution in [1.82, 2.24) is 9.88 Å². The Morgan fingerprint density at radius 1 is 1.06 bits per heavy atom. The minimum absolute atomic E-state index is 0.212. The van der Waals surface area contributed by atoms with Crippen molar-refractivity contribution in [3.8, 4) is 0 Å². The molecule has 2 amide bonds. The van der Waals surface area contributed by atoms with Crippen LogP contribution in [-0.4, -0.2) is 28.2 Å². The molecule has 4 rings (SSSR count). The summed E-state index contributed by atoms with van der Waals surface area (Å²) in [6.45, 7) is 4.21. The summed E-state index contributed by atoms with van der Waals surface area (Å²) in [6, 6.07) is 13.6. The van der Waals surface area contributed by atoms with Gasteiger partial charge in [0.15, 0.2) is 0 Å². The molecule has 0 aliphatic carbocycles. The van der Waals surface area contributed by atoms with E-state index in [1.165, 1.54) is 24.4 Å². The standard InChI is InChI=1S/C25H21F3N4O2/c1-2-23(33)31-19-10-12-29-22(14-19)24(34)32-13-11-20-16(15-32)4-3-5-21(20)30-18-8-6-17(7-9-18)25(26,27)28/h2-10,12,14,30H,1,11,13,15H2,(H,29,31,33). The molecule has 0 saturated carbocycles. The second-order valence-electron chi connectivity index (χ2n) is 7.74. The van der Waals surface area contributed by atoms with Crippen LogP contribution in [-0.2, 0) is 23.9 Å². The van der Waals surface area contributed by atoms with Crippen molar-refractivity contribution in [2.24, 2.45) is 0 Å². The van der Waals surface area contributed by atoms with Gasteiger partial charge in [0.05, 0.1) is 5.56 Å². The lowest BCUT2D eigenvalue weighted by atomic mass is 9.97. The Bertz CT molecular complexity index is 1240. The highest BCUT2D eigenvalue weighted by atomic mass is 19.4. The van der Waals surface area contributed by atoms with Gasteiger partial charge < -0.3 is 15.5 Å². The molecular formula is C25H21F3N4O2. The van der Waals surface area contributed by atoms with Crippen LogP contribution in [0.5, 0.6) is 0 Å². The maximum atomic E-state index is 13.0. The number of nitrogens with one attached hydrogen (secondary N) is 2. The fourth-order valence-electron chi connectivity index (χ4n) is 3.78. The Morgan fingerprint density at radius 3 is 2.53 bits per heavy atom. The van der Waals surface area contributed by atoms with E-state index in [0.29, 0.717) is 30.9 Å². The number of carbonyl (C=O) groups is 2. The number of hydrogen-bond acceptors (Lipinski definition) is 4. The molecule has 0 spiro atoms. The maximum Gasteiger partial charge on any atom is 0.416 e. The van der Waals surface area contributed by atoms with Crippen LogP contribution in [0.25, 0.3) is 0 Å². The van der Waals surface area contributed by atoms with Crippen LogP contribution in [0.15, 0.2) is 73.4 Å². The van der Waals surface area contributed by atoms with Crippen LogP contribution in [0, 0.1) is 0 Å². The van der Waals surface area contributed by atoms with Gasteiger partial charge in [0.25, 0.3) is 5.91 Å². The molecule has 0 unspecified atom stereocenters. The van der Waals surface area contributed by atoms with Gasteiger partial charge in [-0.25, -0.2) is 0 Å². The minimum Gasteiger partial charge on any atom is -0.355 e. The molecule has 2 aromatic carbocycles. The van der Waals surface area contributed by atoms with E-state index in [1.807, 2.05) is 18.2 Å². The summed E-state index contributed by atoms with van der Waals surface area (Å²) in [6.07, 6.45) is -1.22. The van der Waals surface area contributed by atoms with Crippen LogP contribution < -0.4 is 10.6 Å². The molecule has 1 aliphatic rings. The van der Waals surface area contributed by atoms with Gasteiger partial charge >= 0.3 is 6.18 Å². The van der Waals surface area contributed by atoms with Crippen molar-refractivity contribution in [3.63, 3.8) is 0 Å². The van der Waals surface area contributed by atoms with E-state index >= 15 is 0 Å². The van der Waals surface area contributed by atoms with Crippen molar-refractivity contribution in [2.75, 3.05) is 17.2 Å². The number of amides is 2. The molecule has 0 radical (unpaired) electrons. The largest absolute Gasteiger partial charge is 0.416 e. The number of halogens is 3. The van der Waals surface area contributed by atoms with E-state index in [9.17, 15) is 22.8 Å². The third-order valence-corrected chi connectivity index (χ3v) is 5.48. The molecular weight excluding hydrogens is 445 g/mol. The number of anilines is 3. The molecule has 0 bridgehead atoms. The highest BCUT2D eigenvalue weighted by molar-refractivity contribution is 6.00. The zero-order chi connectivity index (χ0) is 24.3. The highest BCUT2D eigenvalue weighted by Crippen LogP contribution is 2.32. The zero-order valence-corrected chi connectivity index (χ0v) is 18.0. The first kappa shape index (κ1) is 23.0. The Morgan fingerprint density at radius 2 is 1.82 bits per heavy atom. The van der Waals surface area contributed by atoms with E-state index in [-0.39, 0.29) is 17.5 Å².